The third-order valence-corrected chi connectivity index (χ3v) is 5.80. The Bertz CT molecular complexity index is 908. The van der Waals surface area contributed by atoms with E-state index in [0.29, 0.717) is 39.3 Å². The highest BCUT2D eigenvalue weighted by molar-refractivity contribution is 5.92. The van der Waals surface area contributed by atoms with Crippen molar-refractivity contribution in [2.45, 2.75) is 19.4 Å². The average molecular weight is 405 g/mol. The maximum Gasteiger partial charge on any atom is 0.246 e. The van der Waals surface area contributed by atoms with E-state index in [4.69, 9.17) is 4.74 Å². The molecule has 2 aromatic carbocycles. The summed E-state index contributed by atoms with van der Waals surface area (Å²) in [7, 11) is 0. The highest BCUT2D eigenvalue weighted by atomic mass is 16.5. The number of aryl methyl sites for hydroxylation is 1. The van der Waals surface area contributed by atoms with Crippen LogP contribution in [0.3, 0.4) is 0 Å². The van der Waals surface area contributed by atoms with E-state index in [9.17, 15) is 9.59 Å². The van der Waals surface area contributed by atoms with Gasteiger partial charge in [0.15, 0.2) is 0 Å². The highest BCUT2D eigenvalue weighted by Crippen LogP contribution is 2.21. The van der Waals surface area contributed by atoms with E-state index in [1.165, 1.54) is 5.56 Å². The van der Waals surface area contributed by atoms with Crippen molar-refractivity contribution in [3.8, 4) is 0 Å². The van der Waals surface area contributed by atoms with Crippen LogP contribution in [0, 0.1) is 12.8 Å². The molecule has 0 unspecified atom stereocenters. The normalized spacial score (nSPS) is 21.5. The molecule has 2 aliphatic heterocycles. The van der Waals surface area contributed by atoms with Crippen molar-refractivity contribution in [1.29, 1.82) is 0 Å². The minimum Gasteiger partial charge on any atom is -0.379 e. The molecule has 2 aromatic rings. The van der Waals surface area contributed by atoms with Crippen molar-refractivity contribution >= 4 is 17.9 Å². The van der Waals surface area contributed by atoms with Crippen LogP contribution in [0.2, 0.25) is 0 Å². The Morgan fingerprint density at radius 1 is 1.00 bits per heavy atom. The summed E-state index contributed by atoms with van der Waals surface area (Å²) in [6.45, 7) is 4.86. The van der Waals surface area contributed by atoms with Gasteiger partial charge in [0.2, 0.25) is 11.8 Å². The van der Waals surface area contributed by atoms with Gasteiger partial charge < -0.3 is 14.5 Å². The summed E-state index contributed by atoms with van der Waals surface area (Å²) < 4.78 is 5.81. The number of amides is 2. The molecule has 2 bridgehead atoms. The molecule has 5 nitrogen and oxygen atoms in total. The molecule has 2 fully saturated rings. The molecule has 5 heteroatoms. The third kappa shape index (κ3) is 4.97. The monoisotopic (exact) mass is 404 g/mol. The lowest BCUT2D eigenvalue weighted by atomic mass is 10.1. The first kappa shape index (κ1) is 20.4. The van der Waals surface area contributed by atoms with Gasteiger partial charge in [-0.25, -0.2) is 0 Å². The Balaban J connectivity index is 1.45. The van der Waals surface area contributed by atoms with Gasteiger partial charge in [-0.15, -0.1) is 0 Å². The summed E-state index contributed by atoms with van der Waals surface area (Å²) in [5, 5.41) is 0. The SMILES string of the molecule is Cc1ccc(CC(=O)N2C[C@@H]3COC[C@H](C2)N(C(=O)/C=C/c2ccccc2)C3)cc1. The predicted octanol–water partition coefficient (Wildman–Crippen LogP) is 2.94. The van der Waals surface area contributed by atoms with Crippen LogP contribution in [-0.4, -0.2) is 60.5 Å². The zero-order valence-corrected chi connectivity index (χ0v) is 17.4. The Morgan fingerprint density at radius 2 is 1.77 bits per heavy atom. The first-order chi connectivity index (χ1) is 14.6. The summed E-state index contributed by atoms with van der Waals surface area (Å²) >= 11 is 0. The van der Waals surface area contributed by atoms with Crippen LogP contribution in [0.4, 0.5) is 0 Å². The number of hydrogen-bond donors (Lipinski definition) is 0. The van der Waals surface area contributed by atoms with Crippen molar-refractivity contribution in [3.63, 3.8) is 0 Å². The van der Waals surface area contributed by atoms with E-state index in [1.54, 1.807) is 6.08 Å². The van der Waals surface area contributed by atoms with Crippen LogP contribution in [0.1, 0.15) is 16.7 Å². The number of hydrogen-bond acceptors (Lipinski definition) is 3. The molecule has 156 valence electrons. The molecule has 2 atom stereocenters. The molecule has 4 rings (SSSR count). The lowest BCUT2D eigenvalue weighted by Gasteiger charge is -2.31. The molecule has 0 spiro atoms. The molecule has 2 aliphatic rings. The summed E-state index contributed by atoms with van der Waals surface area (Å²) in [6.07, 6.45) is 3.87. The second-order valence-electron chi connectivity index (χ2n) is 8.25. The lowest BCUT2D eigenvalue weighted by Crippen LogP contribution is -2.47. The van der Waals surface area contributed by atoms with Gasteiger partial charge in [0.1, 0.15) is 0 Å². The summed E-state index contributed by atoms with van der Waals surface area (Å²) in [4.78, 5) is 29.7. The van der Waals surface area contributed by atoms with Gasteiger partial charge in [-0.05, 0) is 24.1 Å². The number of carbonyl (C=O) groups is 2. The van der Waals surface area contributed by atoms with E-state index >= 15 is 0 Å². The van der Waals surface area contributed by atoms with E-state index < -0.39 is 0 Å². The quantitative estimate of drug-likeness (QED) is 0.737. The predicted molar refractivity (Wildman–Crippen MR) is 117 cm³/mol. The average Bonchev–Trinajstić information content (AvgIpc) is 3.06. The van der Waals surface area contributed by atoms with Crippen LogP contribution in [0.25, 0.3) is 6.08 Å². The van der Waals surface area contributed by atoms with Crippen LogP contribution in [0.5, 0.6) is 0 Å². The number of benzene rings is 2. The fourth-order valence-corrected chi connectivity index (χ4v) is 4.14. The van der Waals surface area contributed by atoms with Crippen molar-refractivity contribution in [2.75, 3.05) is 32.8 Å². The van der Waals surface area contributed by atoms with Crippen molar-refractivity contribution in [2.24, 2.45) is 5.92 Å². The minimum absolute atomic E-state index is 0.0211. The second kappa shape index (κ2) is 9.26. The van der Waals surface area contributed by atoms with Gasteiger partial charge in [0.05, 0.1) is 25.7 Å². The number of ether oxygens (including phenoxy) is 1. The van der Waals surface area contributed by atoms with Crippen molar-refractivity contribution in [1.82, 2.24) is 9.80 Å². The van der Waals surface area contributed by atoms with E-state index in [0.717, 1.165) is 11.1 Å². The summed E-state index contributed by atoms with van der Waals surface area (Å²) in [5.74, 6) is 0.227. The fourth-order valence-electron chi connectivity index (χ4n) is 4.14. The van der Waals surface area contributed by atoms with Gasteiger partial charge in [0.25, 0.3) is 0 Å². The Kier molecular flexibility index (Phi) is 6.29. The zero-order valence-electron chi connectivity index (χ0n) is 17.4. The van der Waals surface area contributed by atoms with Crippen LogP contribution < -0.4 is 0 Å². The molecule has 0 aliphatic carbocycles. The molecule has 2 saturated heterocycles. The van der Waals surface area contributed by atoms with Gasteiger partial charge >= 0.3 is 0 Å². The molecule has 30 heavy (non-hydrogen) atoms. The smallest absolute Gasteiger partial charge is 0.246 e. The fraction of sp³-hybridized carbons (Fsp3) is 0.360. The van der Waals surface area contributed by atoms with Crippen LogP contribution in [-0.2, 0) is 20.7 Å². The standard InChI is InChI=1S/C25H28N2O3/c1-19-7-9-21(10-8-19)13-25(29)26-14-22-15-27(23(16-26)18-30-17-22)24(28)12-11-20-5-3-2-4-6-20/h2-12,22-23H,13-18H2,1H3/b12-11+/t22-,23-/m0/s1. The van der Waals surface area contributed by atoms with E-state index in [-0.39, 0.29) is 23.8 Å². The largest absolute Gasteiger partial charge is 0.379 e. The Morgan fingerprint density at radius 3 is 2.53 bits per heavy atom. The molecule has 2 heterocycles. The third-order valence-electron chi connectivity index (χ3n) is 5.80. The molecule has 0 radical (unpaired) electrons. The Labute approximate surface area is 177 Å². The molecular weight excluding hydrogens is 376 g/mol. The minimum atomic E-state index is -0.118. The van der Waals surface area contributed by atoms with Crippen molar-refractivity contribution < 1.29 is 14.3 Å². The molecule has 2 amide bonds. The first-order valence-electron chi connectivity index (χ1n) is 10.5. The number of nitrogens with zero attached hydrogens (tertiary/aromatic N) is 2. The molecule has 0 aromatic heterocycles. The van der Waals surface area contributed by atoms with Crippen molar-refractivity contribution in [3.05, 3.63) is 77.4 Å². The van der Waals surface area contributed by atoms with E-state index in [1.807, 2.05) is 77.4 Å². The maximum atomic E-state index is 13.0. The molecule has 0 saturated carbocycles. The lowest BCUT2D eigenvalue weighted by molar-refractivity contribution is -0.134. The van der Waals surface area contributed by atoms with E-state index in [2.05, 4.69) is 0 Å². The van der Waals surface area contributed by atoms with Gasteiger partial charge in [-0.2, -0.15) is 0 Å². The summed E-state index contributed by atoms with van der Waals surface area (Å²) in [6, 6.07) is 17.8. The zero-order chi connectivity index (χ0) is 20.9. The second-order valence-corrected chi connectivity index (χ2v) is 8.25. The maximum absolute atomic E-state index is 13.0. The van der Waals surface area contributed by atoms with Gasteiger partial charge in [0, 0.05) is 31.6 Å². The number of carbonyl (C=O) groups excluding carboxylic acids is 2. The summed E-state index contributed by atoms with van der Waals surface area (Å²) in [5.41, 5.74) is 3.20. The van der Waals surface area contributed by atoms with Crippen LogP contribution in [0.15, 0.2) is 60.7 Å². The number of rotatable bonds is 4. The Hall–Kier alpha value is -2.92. The highest BCUT2D eigenvalue weighted by Gasteiger charge is 2.36. The molecule has 0 N–H and O–H groups in total. The topological polar surface area (TPSA) is 49.9 Å². The van der Waals surface area contributed by atoms with Crippen LogP contribution >= 0.6 is 0 Å². The molecular formula is C25H28N2O3. The van der Waals surface area contributed by atoms with Gasteiger partial charge in [-0.1, -0.05) is 60.2 Å². The number of fused-ring (bicyclic) bond motifs is 3. The van der Waals surface area contributed by atoms with Gasteiger partial charge in [-0.3, -0.25) is 9.59 Å². The first-order valence-corrected chi connectivity index (χ1v) is 10.5.